The van der Waals surface area contributed by atoms with Crippen molar-refractivity contribution in [1.29, 1.82) is 0 Å². The summed E-state index contributed by atoms with van der Waals surface area (Å²) in [5, 5.41) is 10.6. The number of benzene rings is 1. The Bertz CT molecular complexity index is 646. The molecule has 1 aromatic heterocycles. The van der Waals surface area contributed by atoms with Crippen molar-refractivity contribution in [3.05, 3.63) is 35.8 Å². The van der Waals surface area contributed by atoms with Crippen LogP contribution in [-0.2, 0) is 0 Å². The molecule has 0 spiro atoms. The van der Waals surface area contributed by atoms with Crippen LogP contribution in [-0.4, -0.2) is 26.9 Å². The Hall–Kier alpha value is -2.44. The molecule has 0 aliphatic heterocycles. The molecule has 1 amide bonds. The molecule has 1 aromatic carbocycles. The predicted molar refractivity (Wildman–Crippen MR) is 75.5 cm³/mol. The highest BCUT2D eigenvalue weighted by atomic mass is 19.1. The molecule has 1 aliphatic carbocycles. The third-order valence-corrected chi connectivity index (χ3v) is 3.68. The summed E-state index contributed by atoms with van der Waals surface area (Å²) in [7, 11) is 0. The van der Waals surface area contributed by atoms with Gasteiger partial charge in [0.1, 0.15) is 5.82 Å². The summed E-state index contributed by atoms with van der Waals surface area (Å²) in [5.74, 6) is -0.512. The van der Waals surface area contributed by atoms with Crippen LogP contribution in [0.25, 0.3) is 5.69 Å². The Labute approximate surface area is 121 Å². The van der Waals surface area contributed by atoms with E-state index in [0.717, 1.165) is 25.7 Å². The van der Waals surface area contributed by atoms with Crippen LogP contribution in [0, 0.1) is 5.82 Å². The van der Waals surface area contributed by atoms with Gasteiger partial charge in [0.15, 0.2) is 11.5 Å². The van der Waals surface area contributed by atoms with Crippen molar-refractivity contribution in [3.63, 3.8) is 0 Å². The first-order valence-corrected chi connectivity index (χ1v) is 6.93. The van der Waals surface area contributed by atoms with E-state index in [1.807, 2.05) is 0 Å². The van der Waals surface area contributed by atoms with Crippen LogP contribution in [0.15, 0.2) is 24.3 Å². The number of nitrogens with two attached hydrogens (primary N) is 1. The summed E-state index contributed by atoms with van der Waals surface area (Å²) in [4.78, 5) is 12.2. The Morgan fingerprint density at radius 2 is 1.95 bits per heavy atom. The van der Waals surface area contributed by atoms with Crippen LogP contribution in [0.1, 0.15) is 36.2 Å². The van der Waals surface area contributed by atoms with E-state index in [-0.39, 0.29) is 29.3 Å². The highest BCUT2D eigenvalue weighted by molar-refractivity contribution is 5.96. The molecule has 1 fully saturated rings. The van der Waals surface area contributed by atoms with Crippen molar-refractivity contribution < 1.29 is 9.18 Å². The predicted octanol–water partition coefficient (Wildman–Crippen LogP) is 1.66. The summed E-state index contributed by atoms with van der Waals surface area (Å²) in [6.45, 7) is 0. The average Bonchev–Trinajstić information content (AvgIpc) is 3.09. The van der Waals surface area contributed by atoms with Gasteiger partial charge in [-0.3, -0.25) is 4.79 Å². The van der Waals surface area contributed by atoms with Crippen LogP contribution >= 0.6 is 0 Å². The lowest BCUT2D eigenvalue weighted by Gasteiger charge is -2.10. The zero-order chi connectivity index (χ0) is 14.8. The molecule has 2 aromatic rings. The van der Waals surface area contributed by atoms with E-state index in [0.29, 0.717) is 5.69 Å². The van der Waals surface area contributed by atoms with E-state index < -0.39 is 0 Å². The largest absolute Gasteiger partial charge is 0.382 e. The molecule has 0 bridgehead atoms. The first-order valence-electron chi connectivity index (χ1n) is 6.93. The van der Waals surface area contributed by atoms with Crippen LogP contribution in [0.5, 0.6) is 0 Å². The lowest BCUT2D eigenvalue weighted by Crippen LogP contribution is -2.33. The Balaban J connectivity index is 1.81. The molecule has 0 atom stereocenters. The molecule has 1 saturated carbocycles. The van der Waals surface area contributed by atoms with Gasteiger partial charge in [-0.15, -0.1) is 5.10 Å². The average molecular weight is 289 g/mol. The molecule has 3 rings (SSSR count). The highest BCUT2D eigenvalue weighted by Crippen LogP contribution is 2.19. The molecule has 6 nitrogen and oxygen atoms in total. The maximum Gasteiger partial charge on any atom is 0.275 e. The first-order chi connectivity index (χ1) is 10.1. The van der Waals surface area contributed by atoms with Crippen molar-refractivity contribution in [2.45, 2.75) is 31.7 Å². The zero-order valence-corrected chi connectivity index (χ0v) is 11.4. The topological polar surface area (TPSA) is 85.8 Å². The lowest BCUT2D eigenvalue weighted by atomic mass is 10.2. The lowest BCUT2D eigenvalue weighted by molar-refractivity contribution is 0.0933. The number of hydrogen-bond donors (Lipinski definition) is 2. The van der Waals surface area contributed by atoms with Gasteiger partial charge >= 0.3 is 0 Å². The van der Waals surface area contributed by atoms with Gasteiger partial charge in [0.2, 0.25) is 0 Å². The monoisotopic (exact) mass is 289 g/mol. The van der Waals surface area contributed by atoms with Crippen LogP contribution in [0.4, 0.5) is 10.2 Å². The second-order valence-corrected chi connectivity index (χ2v) is 5.17. The molecule has 0 saturated heterocycles. The molecular weight excluding hydrogens is 273 g/mol. The number of rotatable bonds is 3. The molecule has 3 N–H and O–H groups in total. The van der Waals surface area contributed by atoms with Crippen molar-refractivity contribution >= 4 is 11.7 Å². The van der Waals surface area contributed by atoms with Gasteiger partial charge in [-0.1, -0.05) is 18.1 Å². The molecule has 0 unspecified atom stereocenters. The molecule has 110 valence electrons. The normalized spacial score (nSPS) is 15.3. The minimum atomic E-state index is -0.350. The van der Waals surface area contributed by atoms with Crippen LogP contribution in [0.3, 0.4) is 0 Å². The van der Waals surface area contributed by atoms with Crippen LogP contribution in [0.2, 0.25) is 0 Å². The van der Waals surface area contributed by atoms with Gasteiger partial charge in [-0.2, -0.15) is 4.68 Å². The minimum Gasteiger partial charge on any atom is -0.382 e. The molecule has 0 radical (unpaired) electrons. The molecule has 1 aliphatic rings. The van der Waals surface area contributed by atoms with E-state index >= 15 is 0 Å². The Kier molecular flexibility index (Phi) is 3.55. The first kappa shape index (κ1) is 13.5. The maximum absolute atomic E-state index is 12.9. The number of halogens is 1. The van der Waals surface area contributed by atoms with Crippen LogP contribution < -0.4 is 11.1 Å². The summed E-state index contributed by atoms with van der Waals surface area (Å²) in [6, 6.07) is 5.84. The number of nitrogens with one attached hydrogen (secondary N) is 1. The molecule has 1 heterocycles. The van der Waals surface area contributed by atoms with Gasteiger partial charge in [0, 0.05) is 6.04 Å². The van der Waals surface area contributed by atoms with Crippen molar-refractivity contribution in [1.82, 2.24) is 20.3 Å². The third kappa shape index (κ3) is 2.72. The highest BCUT2D eigenvalue weighted by Gasteiger charge is 2.23. The van der Waals surface area contributed by atoms with E-state index in [4.69, 9.17) is 5.73 Å². The smallest absolute Gasteiger partial charge is 0.275 e. The van der Waals surface area contributed by atoms with Gasteiger partial charge < -0.3 is 11.1 Å². The number of carbonyl (C=O) groups excluding carboxylic acids is 1. The third-order valence-electron chi connectivity index (χ3n) is 3.68. The fraction of sp³-hybridized carbons (Fsp3) is 0.357. The fourth-order valence-electron chi connectivity index (χ4n) is 2.55. The number of nitrogens with zero attached hydrogens (tertiary/aromatic N) is 3. The van der Waals surface area contributed by atoms with E-state index in [1.165, 1.54) is 28.9 Å². The number of aromatic nitrogens is 3. The SMILES string of the molecule is Nc1c(C(=O)NC2CCCC2)nnn1-c1ccc(F)cc1. The minimum absolute atomic E-state index is 0.103. The Morgan fingerprint density at radius 1 is 1.29 bits per heavy atom. The summed E-state index contributed by atoms with van der Waals surface area (Å²) < 4.78 is 14.2. The summed E-state index contributed by atoms with van der Waals surface area (Å²) in [6.07, 6.45) is 4.22. The number of nitrogen functional groups attached to an aromatic ring is 1. The van der Waals surface area contributed by atoms with Gasteiger partial charge in [-0.05, 0) is 37.1 Å². The maximum atomic E-state index is 12.9. The molecule has 21 heavy (non-hydrogen) atoms. The second-order valence-electron chi connectivity index (χ2n) is 5.17. The second kappa shape index (κ2) is 5.51. The standard InChI is InChI=1S/C14H16FN5O/c15-9-5-7-11(8-6-9)20-13(16)12(18-19-20)14(21)17-10-3-1-2-4-10/h5-8,10H,1-4,16H2,(H,17,21). The van der Waals surface area contributed by atoms with E-state index in [1.54, 1.807) is 0 Å². The van der Waals surface area contributed by atoms with Gasteiger partial charge in [-0.25, -0.2) is 4.39 Å². The number of carbonyl (C=O) groups is 1. The Morgan fingerprint density at radius 3 is 2.62 bits per heavy atom. The van der Waals surface area contributed by atoms with Crippen molar-refractivity contribution in [2.24, 2.45) is 0 Å². The fourth-order valence-corrected chi connectivity index (χ4v) is 2.55. The zero-order valence-electron chi connectivity index (χ0n) is 11.4. The van der Waals surface area contributed by atoms with Gasteiger partial charge in [0.05, 0.1) is 5.69 Å². The molecular formula is C14H16FN5O. The summed E-state index contributed by atoms with van der Waals surface area (Å²) >= 11 is 0. The number of amides is 1. The van der Waals surface area contributed by atoms with E-state index in [9.17, 15) is 9.18 Å². The number of hydrogen-bond acceptors (Lipinski definition) is 4. The number of anilines is 1. The van der Waals surface area contributed by atoms with Crippen molar-refractivity contribution in [2.75, 3.05) is 5.73 Å². The summed E-state index contributed by atoms with van der Waals surface area (Å²) in [5.41, 5.74) is 6.59. The quantitative estimate of drug-likeness (QED) is 0.899. The molecule has 7 heteroatoms. The van der Waals surface area contributed by atoms with Crippen molar-refractivity contribution in [3.8, 4) is 5.69 Å². The van der Waals surface area contributed by atoms with E-state index in [2.05, 4.69) is 15.6 Å². The van der Waals surface area contributed by atoms with Gasteiger partial charge in [0.25, 0.3) is 5.91 Å².